The van der Waals surface area contributed by atoms with Crippen LogP contribution in [0.5, 0.6) is 0 Å². The molecule has 2 atom stereocenters. The van der Waals surface area contributed by atoms with Crippen LogP contribution in [0.1, 0.15) is 51.2 Å². The summed E-state index contributed by atoms with van der Waals surface area (Å²) >= 11 is 0. The topological polar surface area (TPSA) is 146 Å². The van der Waals surface area contributed by atoms with Gasteiger partial charge in [0.1, 0.15) is 18.5 Å². The molecule has 29 heavy (non-hydrogen) atoms. The second-order valence-corrected chi connectivity index (χ2v) is 6.75. The fourth-order valence-corrected chi connectivity index (χ4v) is 2.93. The molecule has 1 aliphatic rings. The number of esters is 1. The number of amides is 1. The number of carbonyl (C=O) groups excluding carboxylic acids is 2. The zero-order valence-electron chi connectivity index (χ0n) is 15.7. The number of anilines is 1. The molecule has 0 unspecified atom stereocenters. The predicted octanol–water partition coefficient (Wildman–Crippen LogP) is 1.14. The number of alkyl halides is 2. The van der Waals surface area contributed by atoms with E-state index in [1.54, 1.807) is 0 Å². The van der Waals surface area contributed by atoms with Crippen molar-refractivity contribution in [2.75, 3.05) is 12.3 Å². The fraction of sp³-hybridized carbons (Fsp3) is 0.647. The third-order valence-electron chi connectivity index (χ3n) is 4.38. The number of ether oxygens (including phenoxy) is 2. The van der Waals surface area contributed by atoms with Gasteiger partial charge in [-0.1, -0.05) is 12.8 Å². The Morgan fingerprint density at radius 1 is 1.34 bits per heavy atom. The van der Waals surface area contributed by atoms with Crippen molar-refractivity contribution >= 4 is 17.7 Å². The maximum absolute atomic E-state index is 14.2. The molecule has 0 aliphatic carbocycles. The first kappa shape index (κ1) is 22.7. The number of unbranched alkanes of at least 4 members (excludes halogenated alkanes) is 3. The van der Waals surface area contributed by atoms with E-state index in [-0.39, 0.29) is 25.3 Å². The lowest BCUT2D eigenvalue weighted by atomic mass is 10.1. The van der Waals surface area contributed by atoms with Gasteiger partial charge in [0.2, 0.25) is 12.1 Å². The molecule has 12 heteroatoms. The maximum atomic E-state index is 14.2. The molecule has 4 N–H and O–H groups in total. The standard InChI is InChI=1S/C17H24F2N4O6/c18-17(19)9-11(29-15(17)23-8-7-12(20)21-16(23)26)10-28-14(25)6-4-2-1-3-5-13(24)22-27/h7-8,11,15,27H,1-6,9-10H2,(H,22,24)(H2,20,21,26)/t11-,15+/m0/s1. The van der Waals surface area contributed by atoms with Crippen LogP contribution in [-0.4, -0.2) is 45.3 Å². The first-order valence-corrected chi connectivity index (χ1v) is 9.19. The van der Waals surface area contributed by atoms with Crippen LogP contribution in [0.15, 0.2) is 17.1 Å². The molecule has 10 nitrogen and oxygen atoms in total. The van der Waals surface area contributed by atoms with Gasteiger partial charge in [-0.25, -0.2) is 19.1 Å². The molecule has 162 valence electrons. The molecule has 2 heterocycles. The van der Waals surface area contributed by atoms with Crippen molar-refractivity contribution in [2.24, 2.45) is 0 Å². The van der Waals surface area contributed by atoms with Gasteiger partial charge in [0.15, 0.2) is 0 Å². The Labute approximate surface area is 164 Å². The second kappa shape index (κ2) is 10.3. The van der Waals surface area contributed by atoms with Crippen molar-refractivity contribution < 1.29 is 33.1 Å². The minimum atomic E-state index is -3.33. The maximum Gasteiger partial charge on any atom is 0.351 e. The number of halogens is 2. The summed E-state index contributed by atoms with van der Waals surface area (Å²) in [7, 11) is 0. The molecular weight excluding hydrogens is 394 g/mol. The van der Waals surface area contributed by atoms with Crippen molar-refractivity contribution in [1.82, 2.24) is 15.0 Å². The fourth-order valence-electron chi connectivity index (χ4n) is 2.93. The normalized spacial score (nSPS) is 20.4. The number of aromatic nitrogens is 2. The van der Waals surface area contributed by atoms with Crippen LogP contribution in [0.2, 0.25) is 0 Å². The molecule has 1 aromatic rings. The highest BCUT2D eigenvalue weighted by Gasteiger charge is 2.52. The Morgan fingerprint density at radius 2 is 2.03 bits per heavy atom. The number of nitrogens with two attached hydrogens (primary N) is 1. The number of hydrogen-bond donors (Lipinski definition) is 3. The summed E-state index contributed by atoms with van der Waals surface area (Å²) in [6, 6.07) is 1.21. The van der Waals surface area contributed by atoms with Crippen LogP contribution in [0, 0.1) is 0 Å². The number of nitrogens with one attached hydrogen (secondary N) is 1. The van der Waals surface area contributed by atoms with E-state index >= 15 is 0 Å². The number of rotatable bonds is 10. The van der Waals surface area contributed by atoms with E-state index in [1.165, 1.54) is 11.5 Å². The number of carbonyl (C=O) groups is 2. The summed E-state index contributed by atoms with van der Waals surface area (Å²) in [5.41, 5.74) is 5.93. The van der Waals surface area contributed by atoms with Crippen LogP contribution in [0.3, 0.4) is 0 Å². The largest absolute Gasteiger partial charge is 0.463 e. The Bertz CT molecular complexity index is 773. The van der Waals surface area contributed by atoms with Crippen LogP contribution in [-0.2, 0) is 19.1 Å². The van der Waals surface area contributed by atoms with E-state index in [1.807, 2.05) is 0 Å². The number of nitrogens with zero attached hydrogens (tertiary/aromatic N) is 2. The number of hydroxylamine groups is 1. The Morgan fingerprint density at radius 3 is 2.69 bits per heavy atom. The van der Waals surface area contributed by atoms with Crippen LogP contribution >= 0.6 is 0 Å². The van der Waals surface area contributed by atoms with Crippen molar-refractivity contribution in [3.63, 3.8) is 0 Å². The quantitative estimate of drug-likeness (QED) is 0.222. The monoisotopic (exact) mass is 418 g/mol. The minimum absolute atomic E-state index is 0.0882. The first-order chi connectivity index (χ1) is 13.7. The summed E-state index contributed by atoms with van der Waals surface area (Å²) in [4.78, 5) is 37.8. The van der Waals surface area contributed by atoms with Gasteiger partial charge < -0.3 is 15.2 Å². The van der Waals surface area contributed by atoms with E-state index in [2.05, 4.69) is 4.98 Å². The van der Waals surface area contributed by atoms with E-state index in [4.69, 9.17) is 20.4 Å². The molecular formula is C17H24F2N4O6. The number of nitrogen functional groups attached to an aromatic ring is 1. The van der Waals surface area contributed by atoms with Crippen molar-refractivity contribution in [1.29, 1.82) is 0 Å². The second-order valence-electron chi connectivity index (χ2n) is 6.75. The van der Waals surface area contributed by atoms with Crippen molar-refractivity contribution in [3.05, 3.63) is 22.7 Å². The smallest absolute Gasteiger partial charge is 0.351 e. The van der Waals surface area contributed by atoms with E-state index in [0.29, 0.717) is 30.3 Å². The molecule has 0 saturated carbocycles. The first-order valence-electron chi connectivity index (χ1n) is 9.19. The molecule has 1 aliphatic heterocycles. The van der Waals surface area contributed by atoms with Gasteiger partial charge in [0, 0.05) is 25.5 Å². The molecule has 1 fully saturated rings. The molecule has 1 aromatic heterocycles. The SMILES string of the molecule is Nc1ccn([C@@H]2O[C@H](COC(=O)CCCCCCC(=O)NO)CC2(F)F)c(=O)n1. The summed E-state index contributed by atoms with van der Waals surface area (Å²) in [6.07, 6.45) is 0.275. The average Bonchev–Trinajstić information content (AvgIpc) is 2.96. The van der Waals surface area contributed by atoms with Gasteiger partial charge in [-0.2, -0.15) is 4.98 Å². The highest BCUT2D eigenvalue weighted by atomic mass is 19.3. The lowest BCUT2D eigenvalue weighted by molar-refractivity contribution is -0.150. The van der Waals surface area contributed by atoms with E-state index < -0.39 is 42.2 Å². The van der Waals surface area contributed by atoms with Crippen LogP contribution in [0.4, 0.5) is 14.6 Å². The van der Waals surface area contributed by atoms with Gasteiger partial charge in [-0.05, 0) is 18.9 Å². The van der Waals surface area contributed by atoms with Gasteiger partial charge in [-0.15, -0.1) is 0 Å². The van der Waals surface area contributed by atoms with Gasteiger partial charge in [0.05, 0.1) is 0 Å². The zero-order valence-corrected chi connectivity index (χ0v) is 15.7. The molecule has 0 radical (unpaired) electrons. The van der Waals surface area contributed by atoms with Gasteiger partial charge in [-0.3, -0.25) is 19.4 Å². The Kier molecular flexibility index (Phi) is 8.02. The highest BCUT2D eigenvalue weighted by molar-refractivity contribution is 5.74. The van der Waals surface area contributed by atoms with Crippen LogP contribution in [0.25, 0.3) is 0 Å². The highest BCUT2D eigenvalue weighted by Crippen LogP contribution is 2.41. The summed E-state index contributed by atoms with van der Waals surface area (Å²) in [6.45, 7) is -0.348. The lowest BCUT2D eigenvalue weighted by Gasteiger charge is -2.19. The predicted molar refractivity (Wildman–Crippen MR) is 95.0 cm³/mol. The summed E-state index contributed by atoms with van der Waals surface area (Å²) in [5.74, 6) is -4.43. The molecule has 0 aromatic carbocycles. The molecule has 1 amide bonds. The third-order valence-corrected chi connectivity index (χ3v) is 4.38. The third kappa shape index (κ3) is 6.75. The number of hydrogen-bond acceptors (Lipinski definition) is 8. The summed E-state index contributed by atoms with van der Waals surface area (Å²) in [5, 5.41) is 8.35. The minimum Gasteiger partial charge on any atom is -0.463 e. The van der Waals surface area contributed by atoms with Gasteiger partial charge >= 0.3 is 11.7 Å². The van der Waals surface area contributed by atoms with Crippen LogP contribution < -0.4 is 16.9 Å². The Balaban J connectivity index is 1.72. The Hall–Kier alpha value is -2.60. The lowest BCUT2D eigenvalue weighted by Crippen LogP contribution is -2.35. The molecule has 0 spiro atoms. The van der Waals surface area contributed by atoms with E-state index in [9.17, 15) is 23.2 Å². The van der Waals surface area contributed by atoms with Crippen molar-refractivity contribution in [2.45, 2.75) is 63.2 Å². The average molecular weight is 418 g/mol. The van der Waals surface area contributed by atoms with E-state index in [0.717, 1.165) is 6.20 Å². The zero-order chi connectivity index (χ0) is 21.4. The molecule has 0 bridgehead atoms. The van der Waals surface area contributed by atoms with Crippen molar-refractivity contribution in [3.8, 4) is 0 Å². The summed E-state index contributed by atoms with van der Waals surface area (Å²) < 4.78 is 39.3. The molecule has 1 saturated heterocycles. The van der Waals surface area contributed by atoms with Gasteiger partial charge in [0.25, 0.3) is 5.92 Å². The molecule has 2 rings (SSSR count).